The molecule has 0 amide bonds. The number of halogens is 7. The highest BCUT2D eigenvalue weighted by Crippen LogP contribution is 2.26. The van der Waals surface area contributed by atoms with Crippen molar-refractivity contribution in [3.8, 4) is 11.5 Å². The van der Waals surface area contributed by atoms with Gasteiger partial charge in [0.05, 0.1) is 4.11 Å². The fraction of sp³-hybridized carbons (Fsp3) is 0.429. The summed E-state index contributed by atoms with van der Waals surface area (Å²) in [6.45, 7) is -8.27. The lowest BCUT2D eigenvalue weighted by Crippen LogP contribution is -2.35. The number of aromatic nitrogens is 4. The molecule has 27 heavy (non-hydrogen) atoms. The molecule has 0 aliphatic carbocycles. The average molecular weight is 424 g/mol. The Kier molecular flexibility index (Phi) is 3.27. The van der Waals surface area contributed by atoms with E-state index in [9.17, 15) is 26.3 Å². The zero-order chi connectivity index (χ0) is 28.1. The van der Waals surface area contributed by atoms with Crippen LogP contribution in [0.25, 0.3) is 11.5 Å². The van der Waals surface area contributed by atoms with Gasteiger partial charge in [-0.15, -0.1) is 0 Å². The van der Waals surface area contributed by atoms with Gasteiger partial charge in [0.25, 0.3) is 0 Å². The van der Waals surface area contributed by atoms with Crippen molar-refractivity contribution in [1.82, 2.24) is 19.9 Å². The van der Waals surface area contributed by atoms with E-state index < -0.39 is 67.5 Å². The first kappa shape index (κ1) is 11.5. The van der Waals surface area contributed by atoms with Crippen LogP contribution in [0.1, 0.15) is 26.0 Å². The fourth-order valence-electron chi connectivity index (χ4n) is 1.44. The highest BCUT2D eigenvalue weighted by molar-refractivity contribution is 6.29. The van der Waals surface area contributed by atoms with Gasteiger partial charge in [-0.2, -0.15) is 41.3 Å². The maximum absolute atomic E-state index is 13.5. The second-order valence-electron chi connectivity index (χ2n) is 4.56. The largest absolute Gasteiger partial charge is 0.408 e. The normalized spacial score (nSPS) is 22.7. The Morgan fingerprint density at radius 1 is 1.00 bits per heavy atom. The molecule has 0 fully saturated rings. The Morgan fingerprint density at radius 3 is 1.96 bits per heavy atom. The Bertz CT molecular complexity index is 1040. The number of hydrogen-bond acceptors (Lipinski definition) is 6. The number of nitrogens with one attached hydrogen (secondary N) is 2. The molecule has 0 radical (unpaired) electrons. The molecule has 2 atom stereocenters. The molecule has 0 aliphatic rings. The van der Waals surface area contributed by atoms with Gasteiger partial charge in [0.15, 0.2) is 5.82 Å². The standard InChI is InChI=1S/C14H13ClF6N6/c1-6(13(16,17)18)22-11-25-10(8-4-3-5-9(15)24-8)26-12(27-11)23-7(2)14(19,20)21/h3-7H,1-2H3,(H2,22,23,25,26,27)/t6-,7-/m1/s1/i1D3,2D3,4D,6D,7D. The van der Waals surface area contributed by atoms with Crippen LogP contribution >= 0.6 is 11.6 Å². The highest BCUT2D eigenvalue weighted by atomic mass is 35.5. The number of rotatable bonds is 5. The van der Waals surface area contributed by atoms with E-state index in [1.807, 2.05) is 0 Å². The van der Waals surface area contributed by atoms with Crippen LogP contribution in [0.15, 0.2) is 18.2 Å². The van der Waals surface area contributed by atoms with Crippen molar-refractivity contribution in [2.24, 2.45) is 0 Å². The van der Waals surface area contributed by atoms with Gasteiger partial charge < -0.3 is 10.6 Å². The summed E-state index contributed by atoms with van der Waals surface area (Å²) in [5.41, 5.74) is -0.649. The molecule has 0 unspecified atom stereocenters. The first-order valence-corrected chi connectivity index (χ1v) is 6.90. The predicted molar refractivity (Wildman–Crippen MR) is 86.3 cm³/mol. The molecule has 0 spiro atoms. The van der Waals surface area contributed by atoms with E-state index in [0.29, 0.717) is 0 Å². The molecule has 0 bridgehead atoms. The molecular formula is C14H13ClF6N6. The van der Waals surface area contributed by atoms with E-state index in [1.54, 1.807) is 0 Å². The average Bonchev–Trinajstić information content (AvgIpc) is 2.66. The summed E-state index contributed by atoms with van der Waals surface area (Å²) < 4.78 is 146. The Labute approximate surface area is 167 Å². The van der Waals surface area contributed by atoms with Crippen LogP contribution in [0.5, 0.6) is 0 Å². The van der Waals surface area contributed by atoms with E-state index in [2.05, 4.69) is 19.9 Å². The monoisotopic (exact) mass is 423 g/mol. The molecule has 0 aliphatic heterocycles. The minimum absolute atomic E-state index is 0.328. The van der Waals surface area contributed by atoms with Gasteiger partial charge >= 0.3 is 12.4 Å². The molecule has 2 heterocycles. The van der Waals surface area contributed by atoms with Gasteiger partial charge in [-0.3, -0.25) is 0 Å². The van der Waals surface area contributed by atoms with Crippen molar-refractivity contribution < 1.29 is 38.7 Å². The number of anilines is 2. The minimum Gasteiger partial charge on any atom is -0.343 e. The second-order valence-corrected chi connectivity index (χ2v) is 4.95. The summed E-state index contributed by atoms with van der Waals surface area (Å²) in [5.74, 6) is -3.91. The van der Waals surface area contributed by atoms with E-state index in [-0.39, 0.29) is 5.15 Å². The zero-order valence-corrected chi connectivity index (χ0v) is 13.3. The molecule has 6 nitrogen and oxygen atoms in total. The first-order chi connectivity index (χ1) is 15.9. The van der Waals surface area contributed by atoms with Gasteiger partial charge in [-0.25, -0.2) is 4.98 Å². The van der Waals surface area contributed by atoms with Crippen LogP contribution in [0, 0.1) is 0 Å². The van der Waals surface area contributed by atoms with Crippen LogP contribution in [0.3, 0.4) is 0 Å². The van der Waals surface area contributed by atoms with E-state index in [1.165, 1.54) is 0 Å². The molecular weight excluding hydrogens is 402 g/mol. The molecule has 2 N–H and O–H groups in total. The van der Waals surface area contributed by atoms with Gasteiger partial charge in [0, 0.05) is 8.22 Å². The predicted octanol–water partition coefficient (Wildman–Crippen LogP) is 4.31. The van der Waals surface area contributed by atoms with Crippen molar-refractivity contribution in [3.63, 3.8) is 0 Å². The highest BCUT2D eigenvalue weighted by Gasteiger charge is 2.38. The molecule has 0 saturated carbocycles. The number of alkyl halides is 6. The van der Waals surface area contributed by atoms with Crippen LogP contribution in [-0.4, -0.2) is 44.3 Å². The van der Waals surface area contributed by atoms with E-state index >= 15 is 0 Å². The van der Waals surface area contributed by atoms with E-state index in [4.69, 9.17) is 23.9 Å². The number of pyridine rings is 1. The lowest BCUT2D eigenvalue weighted by Gasteiger charge is -2.20. The molecule has 0 aromatic carbocycles. The first-order valence-electron chi connectivity index (χ1n) is 11.0. The van der Waals surface area contributed by atoms with Gasteiger partial charge in [0.2, 0.25) is 11.9 Å². The third kappa shape index (κ3) is 5.81. The molecule has 0 saturated heterocycles. The lowest BCUT2D eigenvalue weighted by molar-refractivity contribution is -0.139. The lowest BCUT2D eigenvalue weighted by atomic mass is 10.3. The molecule has 2 aromatic rings. The molecule has 148 valence electrons. The summed E-state index contributed by atoms with van der Waals surface area (Å²) in [6, 6.07) is -7.49. The van der Waals surface area contributed by atoms with Crippen molar-refractivity contribution in [2.75, 3.05) is 10.6 Å². The van der Waals surface area contributed by atoms with Crippen LogP contribution < -0.4 is 10.6 Å². The Morgan fingerprint density at radius 2 is 1.52 bits per heavy atom. The van der Waals surface area contributed by atoms with Crippen LogP contribution in [0.2, 0.25) is 5.15 Å². The molecule has 2 rings (SSSR count). The summed E-state index contributed by atoms with van der Waals surface area (Å²) in [4.78, 5) is 13.6. The van der Waals surface area contributed by atoms with Crippen molar-refractivity contribution in [2.45, 2.75) is 38.1 Å². The maximum atomic E-state index is 13.5. The van der Waals surface area contributed by atoms with Crippen LogP contribution in [0.4, 0.5) is 38.2 Å². The minimum atomic E-state index is -5.82. The van der Waals surface area contributed by atoms with Crippen molar-refractivity contribution in [3.05, 3.63) is 23.3 Å². The second kappa shape index (κ2) is 7.71. The maximum Gasteiger partial charge on any atom is 0.408 e. The molecule has 13 heteroatoms. The summed E-state index contributed by atoms with van der Waals surface area (Å²) in [6.07, 6.45) is -11.6. The van der Waals surface area contributed by atoms with Crippen molar-refractivity contribution in [1.29, 1.82) is 0 Å². The molecule has 2 aromatic heterocycles. The smallest absolute Gasteiger partial charge is 0.343 e. The Balaban J connectivity index is 2.81. The Hall–Kier alpha value is -2.37. The SMILES string of the molecule is [2H]c1ccc(Cl)nc1-c1nc(N[C@]([2H])(C([2H])([2H])[2H])C(F)(F)F)nc(N[C@]([2H])(C([2H])([2H])[2H])C(F)(F)F)n1. The number of nitrogens with zero attached hydrogens (tertiary/aromatic N) is 4. The van der Waals surface area contributed by atoms with Crippen molar-refractivity contribution >= 4 is 23.5 Å². The third-order valence-electron chi connectivity index (χ3n) is 2.55. The number of hydrogen-bond donors (Lipinski definition) is 2. The van der Waals surface area contributed by atoms with Gasteiger partial charge in [0.1, 0.15) is 22.9 Å². The quantitative estimate of drug-likeness (QED) is 0.551. The van der Waals surface area contributed by atoms with Gasteiger partial charge in [-0.1, -0.05) is 17.7 Å². The summed E-state index contributed by atoms with van der Waals surface area (Å²) in [5, 5.41) is 1.98. The third-order valence-corrected chi connectivity index (χ3v) is 2.76. The summed E-state index contributed by atoms with van der Waals surface area (Å²) in [7, 11) is 0. The summed E-state index contributed by atoms with van der Waals surface area (Å²) >= 11 is 5.70. The van der Waals surface area contributed by atoms with E-state index in [0.717, 1.165) is 22.8 Å². The zero-order valence-electron chi connectivity index (χ0n) is 21.6. The topological polar surface area (TPSA) is 75.6 Å². The van der Waals surface area contributed by atoms with Gasteiger partial charge in [-0.05, 0) is 25.8 Å². The fourth-order valence-corrected chi connectivity index (χ4v) is 1.59. The van der Waals surface area contributed by atoms with Crippen LogP contribution in [-0.2, 0) is 0 Å².